The third kappa shape index (κ3) is 3.01. The van der Waals surface area contributed by atoms with Crippen molar-refractivity contribution in [2.75, 3.05) is 25.0 Å². The van der Waals surface area contributed by atoms with Crippen molar-refractivity contribution in [3.8, 4) is 0 Å². The highest BCUT2D eigenvalue weighted by molar-refractivity contribution is 6.23. The number of rotatable bonds is 3. The normalized spacial score (nSPS) is 21.0. The number of aliphatic hydroxyl groups excluding tert-OH is 1. The lowest BCUT2D eigenvalue weighted by molar-refractivity contribution is -0.133. The number of aliphatic hydroxyl groups is 1. The van der Waals surface area contributed by atoms with E-state index in [-0.39, 0.29) is 29.2 Å². The molecule has 0 bridgehead atoms. The minimum Gasteiger partial charge on any atom is -0.511 e. The summed E-state index contributed by atoms with van der Waals surface area (Å²) >= 11 is 0. The Kier molecular flexibility index (Phi) is 4.57. The summed E-state index contributed by atoms with van der Waals surface area (Å²) in [6.07, 6.45) is 0.313. The Morgan fingerprint density at radius 1 is 1.38 bits per heavy atom. The molecule has 1 saturated heterocycles. The lowest BCUT2D eigenvalue weighted by atomic mass is 9.97. The maximum Gasteiger partial charge on any atom is 0.264 e. The molecular formula is C18H23N3O3. The van der Waals surface area contributed by atoms with Gasteiger partial charge in [0.25, 0.3) is 11.8 Å². The number of anilines is 1. The van der Waals surface area contributed by atoms with Crippen molar-refractivity contribution in [3.05, 3.63) is 41.2 Å². The van der Waals surface area contributed by atoms with Crippen LogP contribution in [0.3, 0.4) is 0 Å². The molecular weight excluding hydrogens is 306 g/mol. The van der Waals surface area contributed by atoms with Gasteiger partial charge >= 0.3 is 0 Å². The fraction of sp³-hybridized carbons (Fsp3) is 0.444. The molecule has 24 heavy (non-hydrogen) atoms. The average molecular weight is 329 g/mol. The number of benzene rings is 1. The van der Waals surface area contributed by atoms with Crippen molar-refractivity contribution < 1.29 is 14.7 Å². The smallest absolute Gasteiger partial charge is 0.264 e. The van der Waals surface area contributed by atoms with Gasteiger partial charge in [0.1, 0.15) is 11.3 Å². The maximum atomic E-state index is 12.6. The van der Waals surface area contributed by atoms with Crippen LogP contribution in [0.5, 0.6) is 0 Å². The van der Waals surface area contributed by atoms with Gasteiger partial charge in [-0.2, -0.15) is 0 Å². The fourth-order valence-corrected chi connectivity index (χ4v) is 3.33. The predicted molar refractivity (Wildman–Crippen MR) is 91.8 cm³/mol. The van der Waals surface area contributed by atoms with Crippen LogP contribution in [0.1, 0.15) is 31.7 Å². The largest absolute Gasteiger partial charge is 0.511 e. The Hall–Kier alpha value is -2.34. The number of hydrogen-bond donors (Lipinski definition) is 3. The van der Waals surface area contributed by atoms with Crippen molar-refractivity contribution in [2.24, 2.45) is 0 Å². The third-order valence-corrected chi connectivity index (χ3v) is 4.60. The van der Waals surface area contributed by atoms with Gasteiger partial charge in [-0.25, -0.2) is 0 Å². The van der Waals surface area contributed by atoms with Crippen LogP contribution in [0.25, 0.3) is 0 Å². The van der Waals surface area contributed by atoms with E-state index in [2.05, 4.69) is 10.6 Å². The number of piperazine rings is 1. The molecule has 0 radical (unpaired) electrons. The summed E-state index contributed by atoms with van der Waals surface area (Å²) in [6, 6.07) is 7.43. The summed E-state index contributed by atoms with van der Waals surface area (Å²) in [7, 11) is 0. The zero-order valence-electron chi connectivity index (χ0n) is 14.0. The first-order chi connectivity index (χ1) is 11.5. The number of carbonyl (C=O) groups excluding carboxylic acids is 2. The number of fused-ring (bicyclic) bond motifs is 1. The predicted octanol–water partition coefficient (Wildman–Crippen LogP) is 1.76. The standard InChI is InChI=1S/C18H23N3O3/c1-11(2)13-5-3-4-6-14(13)20-17(23)16-15(22)9-12-10-19-7-8-21(12)18(16)24/h3-6,11-12,19,22H,7-10H2,1-2H3,(H,20,23). The van der Waals surface area contributed by atoms with E-state index in [9.17, 15) is 14.7 Å². The lowest BCUT2D eigenvalue weighted by Crippen LogP contribution is -2.57. The first-order valence-electron chi connectivity index (χ1n) is 8.33. The van der Waals surface area contributed by atoms with Crippen LogP contribution >= 0.6 is 0 Å². The molecule has 1 atom stereocenters. The number of amides is 2. The zero-order chi connectivity index (χ0) is 17.3. The molecule has 3 rings (SSSR count). The van der Waals surface area contributed by atoms with Gasteiger partial charge in [0.15, 0.2) is 0 Å². The van der Waals surface area contributed by atoms with Crippen LogP contribution < -0.4 is 10.6 Å². The van der Waals surface area contributed by atoms with E-state index in [0.29, 0.717) is 31.7 Å². The second kappa shape index (κ2) is 6.65. The molecule has 2 amide bonds. The molecule has 2 heterocycles. The topological polar surface area (TPSA) is 81.7 Å². The Bertz CT molecular complexity index is 697. The summed E-state index contributed by atoms with van der Waals surface area (Å²) in [4.78, 5) is 27.0. The highest BCUT2D eigenvalue weighted by atomic mass is 16.3. The molecule has 1 fully saturated rings. The van der Waals surface area contributed by atoms with Crippen molar-refractivity contribution in [2.45, 2.75) is 32.2 Å². The van der Waals surface area contributed by atoms with Gasteiger partial charge < -0.3 is 20.6 Å². The fourth-order valence-electron chi connectivity index (χ4n) is 3.33. The van der Waals surface area contributed by atoms with Crippen LogP contribution in [0.4, 0.5) is 5.69 Å². The van der Waals surface area contributed by atoms with Crippen molar-refractivity contribution >= 4 is 17.5 Å². The molecule has 2 aliphatic rings. The number of carbonyl (C=O) groups is 2. The van der Waals surface area contributed by atoms with Gasteiger partial charge in [0.2, 0.25) is 0 Å². The molecule has 0 aromatic heterocycles. The minimum absolute atomic E-state index is 0.0780. The number of hydrogen-bond acceptors (Lipinski definition) is 4. The molecule has 3 N–H and O–H groups in total. The highest BCUT2D eigenvalue weighted by Gasteiger charge is 2.38. The summed E-state index contributed by atoms with van der Waals surface area (Å²) in [5.41, 5.74) is 1.54. The second-order valence-corrected chi connectivity index (χ2v) is 6.58. The SMILES string of the molecule is CC(C)c1ccccc1NC(=O)C1=C(O)CC2CNCCN2C1=O. The summed E-state index contributed by atoms with van der Waals surface area (Å²) < 4.78 is 0. The molecule has 1 aromatic carbocycles. The minimum atomic E-state index is -0.539. The lowest BCUT2D eigenvalue weighted by Gasteiger charge is -2.39. The van der Waals surface area contributed by atoms with Gasteiger partial charge in [-0.3, -0.25) is 9.59 Å². The molecule has 0 saturated carbocycles. The molecule has 1 aromatic rings. The van der Waals surface area contributed by atoms with Gasteiger partial charge in [-0.05, 0) is 17.5 Å². The summed E-state index contributed by atoms with van der Waals surface area (Å²) in [5.74, 6) is -0.805. The number of nitrogens with one attached hydrogen (secondary N) is 2. The van der Waals surface area contributed by atoms with Gasteiger partial charge in [0.05, 0.1) is 6.04 Å². The molecule has 6 heteroatoms. The Morgan fingerprint density at radius 3 is 2.88 bits per heavy atom. The zero-order valence-corrected chi connectivity index (χ0v) is 14.0. The van der Waals surface area contributed by atoms with Crippen molar-refractivity contribution in [1.29, 1.82) is 0 Å². The second-order valence-electron chi connectivity index (χ2n) is 6.58. The van der Waals surface area contributed by atoms with E-state index in [1.165, 1.54) is 0 Å². The molecule has 6 nitrogen and oxygen atoms in total. The number of nitrogens with zero attached hydrogens (tertiary/aromatic N) is 1. The van der Waals surface area contributed by atoms with Gasteiger partial charge in [0, 0.05) is 31.7 Å². The third-order valence-electron chi connectivity index (χ3n) is 4.60. The number of para-hydroxylation sites is 1. The van der Waals surface area contributed by atoms with Crippen LogP contribution in [0, 0.1) is 0 Å². The van der Waals surface area contributed by atoms with E-state index in [1.54, 1.807) is 4.90 Å². The van der Waals surface area contributed by atoms with E-state index in [0.717, 1.165) is 5.56 Å². The van der Waals surface area contributed by atoms with Crippen LogP contribution in [-0.2, 0) is 9.59 Å². The van der Waals surface area contributed by atoms with Crippen LogP contribution in [0.2, 0.25) is 0 Å². The molecule has 2 aliphatic heterocycles. The summed E-state index contributed by atoms with van der Waals surface area (Å²) in [5, 5.41) is 16.2. The first kappa shape index (κ1) is 16.5. The Labute approximate surface area is 141 Å². The molecule has 0 spiro atoms. The van der Waals surface area contributed by atoms with E-state index in [1.807, 2.05) is 38.1 Å². The van der Waals surface area contributed by atoms with Crippen molar-refractivity contribution in [3.63, 3.8) is 0 Å². The van der Waals surface area contributed by atoms with Gasteiger partial charge in [-0.15, -0.1) is 0 Å². The van der Waals surface area contributed by atoms with E-state index >= 15 is 0 Å². The highest BCUT2D eigenvalue weighted by Crippen LogP contribution is 2.27. The first-order valence-corrected chi connectivity index (χ1v) is 8.33. The molecule has 0 aliphatic carbocycles. The monoisotopic (exact) mass is 329 g/mol. The summed E-state index contributed by atoms with van der Waals surface area (Å²) in [6.45, 7) is 5.97. The molecule has 128 valence electrons. The van der Waals surface area contributed by atoms with Crippen LogP contribution in [0.15, 0.2) is 35.6 Å². The van der Waals surface area contributed by atoms with E-state index < -0.39 is 5.91 Å². The van der Waals surface area contributed by atoms with Crippen molar-refractivity contribution in [1.82, 2.24) is 10.2 Å². The van der Waals surface area contributed by atoms with Gasteiger partial charge in [-0.1, -0.05) is 32.0 Å². The van der Waals surface area contributed by atoms with E-state index in [4.69, 9.17) is 0 Å². The maximum absolute atomic E-state index is 12.6. The van der Waals surface area contributed by atoms with Crippen LogP contribution in [-0.4, -0.2) is 47.5 Å². The Balaban J connectivity index is 1.86. The Morgan fingerprint density at radius 2 is 2.12 bits per heavy atom. The quantitative estimate of drug-likeness (QED) is 0.738. The average Bonchev–Trinajstić information content (AvgIpc) is 2.55. The molecule has 1 unspecified atom stereocenters.